The summed E-state index contributed by atoms with van der Waals surface area (Å²) in [5.74, 6) is 0. The molecule has 0 radical (unpaired) electrons. The zero-order valence-corrected chi connectivity index (χ0v) is 7.58. The van der Waals surface area contributed by atoms with Gasteiger partial charge in [-0.25, -0.2) is 0 Å². The number of halogens is 1. The van der Waals surface area contributed by atoms with Crippen molar-refractivity contribution >= 4 is 24.2 Å². The van der Waals surface area contributed by atoms with Gasteiger partial charge in [-0.2, -0.15) is 5.26 Å². The number of nitrogens with zero attached hydrogens (tertiary/aromatic N) is 1. The molecule has 0 aromatic carbocycles. The van der Waals surface area contributed by atoms with Crippen LogP contribution in [0.5, 0.6) is 0 Å². The maximum Gasteiger partial charge on any atom is 0.124 e. The minimum Gasteiger partial charge on any atom is -0.364 e. The molecule has 60 valence electrons. The van der Waals surface area contributed by atoms with Gasteiger partial charge in [0.1, 0.15) is 11.0 Å². The van der Waals surface area contributed by atoms with Gasteiger partial charge in [0.2, 0.25) is 0 Å². The van der Waals surface area contributed by atoms with Crippen molar-refractivity contribution in [1.82, 2.24) is 10.6 Å². The van der Waals surface area contributed by atoms with Crippen LogP contribution in [0.3, 0.4) is 0 Å². The Morgan fingerprint density at radius 1 is 1.73 bits per heavy atom. The highest BCUT2D eigenvalue weighted by Crippen LogP contribution is 2.15. The zero-order valence-electron chi connectivity index (χ0n) is 5.93. The molecule has 0 saturated heterocycles. The molecule has 3 nitrogen and oxygen atoms in total. The summed E-state index contributed by atoms with van der Waals surface area (Å²) >= 11 is 9.90. The molecule has 0 spiro atoms. The van der Waals surface area contributed by atoms with E-state index in [-0.39, 0.29) is 5.50 Å². The molecule has 1 aliphatic heterocycles. The van der Waals surface area contributed by atoms with Crippen molar-refractivity contribution in [2.24, 2.45) is 0 Å². The Kier molecular flexibility index (Phi) is 2.66. The second-order valence-corrected chi connectivity index (χ2v) is 3.18. The van der Waals surface area contributed by atoms with Crippen molar-refractivity contribution in [2.75, 3.05) is 0 Å². The summed E-state index contributed by atoms with van der Waals surface area (Å²) in [6.45, 7) is 1.80. The van der Waals surface area contributed by atoms with Crippen molar-refractivity contribution in [2.45, 2.75) is 17.9 Å². The predicted octanol–water partition coefficient (Wildman–Crippen LogP) is 0.755. The van der Waals surface area contributed by atoms with E-state index in [2.05, 4.69) is 23.3 Å². The fourth-order valence-corrected chi connectivity index (χ4v) is 1.65. The second kappa shape index (κ2) is 3.35. The van der Waals surface area contributed by atoms with Gasteiger partial charge in [0.15, 0.2) is 0 Å². The number of hydrogen-bond acceptors (Lipinski definition) is 4. The topological polar surface area (TPSA) is 47.9 Å². The Hall–Kier alpha value is -0.370. The quantitative estimate of drug-likeness (QED) is 0.300. The first-order chi connectivity index (χ1) is 5.15. The summed E-state index contributed by atoms with van der Waals surface area (Å²) in [6.07, 6.45) is 0. The fraction of sp³-hybridized carbons (Fsp3) is 0.500. The molecule has 0 aromatic rings. The monoisotopic (exact) mass is 189 g/mol. The van der Waals surface area contributed by atoms with Crippen LogP contribution in [0.1, 0.15) is 6.92 Å². The minimum atomic E-state index is -0.427. The van der Waals surface area contributed by atoms with E-state index in [9.17, 15) is 0 Å². The predicted molar refractivity (Wildman–Crippen MR) is 47.0 cm³/mol. The smallest absolute Gasteiger partial charge is 0.124 e. The molecule has 0 amide bonds. The van der Waals surface area contributed by atoms with E-state index in [4.69, 9.17) is 16.9 Å². The first-order valence-electron chi connectivity index (χ1n) is 3.10. The van der Waals surface area contributed by atoms with E-state index < -0.39 is 5.50 Å². The lowest BCUT2D eigenvalue weighted by atomic mass is 10.2. The Labute approximate surface area is 75.8 Å². The third kappa shape index (κ3) is 1.80. The highest BCUT2D eigenvalue weighted by molar-refractivity contribution is 7.80. The molecule has 0 saturated carbocycles. The van der Waals surface area contributed by atoms with Crippen LogP contribution in [0, 0.1) is 11.3 Å². The molecule has 0 bridgehead atoms. The summed E-state index contributed by atoms with van der Waals surface area (Å²) in [6, 6.07) is 2.01. The van der Waals surface area contributed by atoms with E-state index >= 15 is 0 Å². The molecule has 1 rings (SSSR count). The minimum absolute atomic E-state index is 0.172. The lowest BCUT2D eigenvalue weighted by Gasteiger charge is -2.26. The largest absolute Gasteiger partial charge is 0.364 e. The Balaban J connectivity index is 2.88. The van der Waals surface area contributed by atoms with E-state index in [1.54, 1.807) is 6.92 Å². The highest BCUT2D eigenvalue weighted by Gasteiger charge is 2.21. The molecule has 2 unspecified atom stereocenters. The normalized spacial score (nSPS) is 31.1. The lowest BCUT2D eigenvalue weighted by molar-refractivity contribution is 0.560. The van der Waals surface area contributed by atoms with Crippen LogP contribution in [0.15, 0.2) is 11.3 Å². The summed E-state index contributed by atoms with van der Waals surface area (Å²) < 4.78 is 0. The van der Waals surface area contributed by atoms with E-state index in [1.165, 1.54) is 0 Å². The van der Waals surface area contributed by atoms with Crippen LogP contribution in [-0.4, -0.2) is 11.0 Å². The van der Waals surface area contributed by atoms with E-state index in [0.717, 1.165) is 5.70 Å². The number of hydrogen-bond donors (Lipinski definition) is 3. The van der Waals surface area contributed by atoms with E-state index in [1.807, 2.05) is 6.07 Å². The maximum absolute atomic E-state index is 8.62. The van der Waals surface area contributed by atoms with Gasteiger partial charge in [-0.1, -0.05) is 11.6 Å². The molecular weight excluding hydrogens is 182 g/mol. The van der Waals surface area contributed by atoms with Crippen LogP contribution < -0.4 is 10.6 Å². The van der Waals surface area contributed by atoms with Gasteiger partial charge in [0.05, 0.1) is 11.6 Å². The summed E-state index contributed by atoms with van der Waals surface area (Å²) in [4.78, 5) is 0. The van der Waals surface area contributed by atoms with Gasteiger partial charge >= 0.3 is 0 Å². The number of allylic oxidation sites excluding steroid dienone is 1. The molecule has 1 aliphatic rings. The number of nitrogens with one attached hydrogen (secondary N) is 2. The van der Waals surface area contributed by atoms with Crippen LogP contribution in [0.2, 0.25) is 0 Å². The van der Waals surface area contributed by atoms with Crippen LogP contribution in [0.25, 0.3) is 0 Å². The van der Waals surface area contributed by atoms with Crippen LogP contribution in [0.4, 0.5) is 0 Å². The van der Waals surface area contributed by atoms with Crippen molar-refractivity contribution in [3.8, 4) is 6.07 Å². The first-order valence-corrected chi connectivity index (χ1v) is 4.06. The van der Waals surface area contributed by atoms with Crippen molar-refractivity contribution in [3.63, 3.8) is 0 Å². The summed E-state index contributed by atoms with van der Waals surface area (Å²) in [5.41, 5.74) is 0.710. The first kappa shape index (κ1) is 8.72. The van der Waals surface area contributed by atoms with Gasteiger partial charge in [0.25, 0.3) is 0 Å². The lowest BCUT2D eigenvalue weighted by Crippen LogP contribution is -2.46. The van der Waals surface area contributed by atoms with Crippen molar-refractivity contribution in [1.29, 1.82) is 5.26 Å². The van der Waals surface area contributed by atoms with Gasteiger partial charge in [-0.15, -0.1) is 12.6 Å². The fourth-order valence-electron chi connectivity index (χ4n) is 0.877. The SMILES string of the molecule is CC1=C(C#N)C(Cl)NC(S)N1. The number of nitriles is 1. The molecule has 0 aliphatic carbocycles. The van der Waals surface area contributed by atoms with Crippen molar-refractivity contribution < 1.29 is 0 Å². The highest BCUT2D eigenvalue weighted by atomic mass is 35.5. The van der Waals surface area contributed by atoms with Gasteiger partial charge in [-0.05, 0) is 6.92 Å². The van der Waals surface area contributed by atoms with Crippen LogP contribution >= 0.6 is 24.2 Å². The molecule has 1 heterocycles. The average Bonchev–Trinajstić information content (AvgIpc) is 1.85. The Morgan fingerprint density at radius 3 is 2.82 bits per heavy atom. The molecule has 11 heavy (non-hydrogen) atoms. The van der Waals surface area contributed by atoms with Gasteiger partial charge in [-0.3, -0.25) is 5.32 Å². The second-order valence-electron chi connectivity index (χ2n) is 2.23. The summed E-state index contributed by atoms with van der Waals surface area (Å²) in [5, 5.41) is 14.4. The third-order valence-corrected chi connectivity index (χ3v) is 2.06. The molecule has 0 fully saturated rings. The number of rotatable bonds is 0. The molecule has 0 aromatic heterocycles. The van der Waals surface area contributed by atoms with Crippen molar-refractivity contribution in [3.05, 3.63) is 11.3 Å². The van der Waals surface area contributed by atoms with Crippen LogP contribution in [-0.2, 0) is 0 Å². The molecule has 2 atom stereocenters. The average molecular weight is 190 g/mol. The maximum atomic E-state index is 8.62. The Morgan fingerprint density at radius 2 is 2.36 bits per heavy atom. The Bertz CT molecular complexity index is 232. The third-order valence-electron chi connectivity index (χ3n) is 1.44. The molecule has 2 N–H and O–H groups in total. The number of alkyl halides is 1. The molecular formula is C6H8ClN3S. The zero-order chi connectivity index (χ0) is 8.43. The van der Waals surface area contributed by atoms with Gasteiger partial charge in [0, 0.05) is 5.70 Å². The van der Waals surface area contributed by atoms with Gasteiger partial charge < -0.3 is 5.32 Å². The van der Waals surface area contributed by atoms with E-state index in [0.29, 0.717) is 5.57 Å². The molecule has 5 heteroatoms. The summed E-state index contributed by atoms with van der Waals surface area (Å²) in [7, 11) is 0. The standard InChI is InChI=1S/C6H8ClN3S/c1-3-4(2-8)5(7)10-6(11)9-3/h5-6,9-11H,1H3. The number of thiol groups is 1.